The van der Waals surface area contributed by atoms with E-state index in [1.54, 1.807) is 18.4 Å². The van der Waals surface area contributed by atoms with Gasteiger partial charge in [0.2, 0.25) is 11.8 Å². The summed E-state index contributed by atoms with van der Waals surface area (Å²) in [6.45, 7) is 3.06. The molecule has 0 aliphatic rings. The second-order valence-electron chi connectivity index (χ2n) is 5.55. The van der Waals surface area contributed by atoms with Crippen molar-refractivity contribution in [3.05, 3.63) is 48.4 Å². The summed E-state index contributed by atoms with van der Waals surface area (Å²) in [5.41, 5.74) is 1.96. The van der Waals surface area contributed by atoms with Gasteiger partial charge in [0.15, 0.2) is 5.16 Å². The lowest BCUT2D eigenvalue weighted by molar-refractivity contribution is -0.124. The second kappa shape index (κ2) is 8.57. The van der Waals surface area contributed by atoms with Crippen molar-refractivity contribution in [2.45, 2.75) is 25.2 Å². The zero-order valence-electron chi connectivity index (χ0n) is 14.4. The maximum absolute atomic E-state index is 12.0. The van der Waals surface area contributed by atoms with Gasteiger partial charge in [0.1, 0.15) is 5.76 Å². The number of nitrogens with zero attached hydrogens (tertiary/aromatic N) is 2. The predicted molar refractivity (Wildman–Crippen MR) is 99.7 cm³/mol. The highest BCUT2D eigenvalue weighted by atomic mass is 32.2. The minimum Gasteiger partial charge on any atom is -0.467 e. The van der Waals surface area contributed by atoms with Gasteiger partial charge in [-0.05, 0) is 31.2 Å². The Kier molecular flexibility index (Phi) is 5.96. The fourth-order valence-electron chi connectivity index (χ4n) is 2.49. The van der Waals surface area contributed by atoms with E-state index >= 15 is 0 Å². The standard InChI is InChI=1S/C18H20N4O3S/c1-2-22-15-8-4-3-7-14(15)21-18(22)26-12-17(24)20-11-16(23)19-10-13-6-5-9-25-13/h3-9H,2,10-12H2,1H3,(H,19,23)(H,20,24). The van der Waals surface area contributed by atoms with Gasteiger partial charge in [0.25, 0.3) is 0 Å². The summed E-state index contributed by atoms with van der Waals surface area (Å²) in [4.78, 5) is 28.3. The average Bonchev–Trinajstić information content (AvgIpc) is 3.29. The molecule has 1 aromatic carbocycles. The number of aromatic nitrogens is 2. The van der Waals surface area contributed by atoms with E-state index in [4.69, 9.17) is 4.42 Å². The number of carbonyl (C=O) groups is 2. The van der Waals surface area contributed by atoms with Gasteiger partial charge in [-0.15, -0.1) is 0 Å². The molecule has 26 heavy (non-hydrogen) atoms. The first-order valence-electron chi connectivity index (χ1n) is 8.31. The topological polar surface area (TPSA) is 89.2 Å². The number of imidazole rings is 1. The minimum atomic E-state index is -0.263. The van der Waals surface area contributed by atoms with Gasteiger partial charge < -0.3 is 19.6 Å². The Balaban J connectivity index is 1.46. The molecule has 3 aromatic rings. The quantitative estimate of drug-likeness (QED) is 0.592. The van der Waals surface area contributed by atoms with Gasteiger partial charge in [-0.1, -0.05) is 23.9 Å². The molecule has 0 fully saturated rings. The summed E-state index contributed by atoms with van der Waals surface area (Å²) in [6.07, 6.45) is 1.55. The van der Waals surface area contributed by atoms with Gasteiger partial charge >= 0.3 is 0 Å². The van der Waals surface area contributed by atoms with E-state index in [2.05, 4.69) is 20.2 Å². The Hall–Kier alpha value is -2.74. The molecule has 0 radical (unpaired) electrons. The highest BCUT2D eigenvalue weighted by molar-refractivity contribution is 7.99. The lowest BCUT2D eigenvalue weighted by atomic mass is 10.3. The number of nitrogens with one attached hydrogen (secondary N) is 2. The number of para-hydroxylation sites is 2. The van der Waals surface area contributed by atoms with Gasteiger partial charge in [0, 0.05) is 6.54 Å². The third-order valence-electron chi connectivity index (χ3n) is 3.75. The van der Waals surface area contributed by atoms with Crippen LogP contribution in [0.25, 0.3) is 11.0 Å². The minimum absolute atomic E-state index is 0.0652. The molecule has 0 bridgehead atoms. The molecule has 136 valence electrons. The van der Waals surface area contributed by atoms with Crippen LogP contribution in [0, 0.1) is 0 Å². The molecule has 2 aromatic heterocycles. The van der Waals surface area contributed by atoms with Gasteiger partial charge in [-0.2, -0.15) is 0 Å². The van der Waals surface area contributed by atoms with Crippen LogP contribution in [0.1, 0.15) is 12.7 Å². The molecular formula is C18H20N4O3S. The number of carbonyl (C=O) groups excluding carboxylic acids is 2. The van der Waals surface area contributed by atoms with Crippen molar-refractivity contribution in [2.75, 3.05) is 12.3 Å². The number of aryl methyl sites for hydroxylation is 1. The molecule has 0 saturated heterocycles. The zero-order valence-corrected chi connectivity index (χ0v) is 15.2. The van der Waals surface area contributed by atoms with Crippen molar-refractivity contribution in [1.82, 2.24) is 20.2 Å². The fourth-order valence-corrected chi connectivity index (χ4v) is 3.40. The summed E-state index contributed by atoms with van der Waals surface area (Å²) in [5.74, 6) is 0.395. The first kappa shape index (κ1) is 18.1. The zero-order chi connectivity index (χ0) is 18.4. The number of rotatable bonds is 8. The number of amides is 2. The summed E-state index contributed by atoms with van der Waals surface area (Å²) in [7, 11) is 0. The predicted octanol–water partition coefficient (Wildman–Crippen LogP) is 2.17. The van der Waals surface area contributed by atoms with Crippen molar-refractivity contribution < 1.29 is 14.0 Å². The van der Waals surface area contributed by atoms with Gasteiger partial charge in [0.05, 0.1) is 36.1 Å². The Labute approximate surface area is 155 Å². The van der Waals surface area contributed by atoms with Crippen LogP contribution in [0.15, 0.2) is 52.2 Å². The molecule has 0 atom stereocenters. The molecule has 0 aliphatic heterocycles. The Morgan fingerprint density at radius 1 is 1.15 bits per heavy atom. The van der Waals surface area contributed by atoms with E-state index in [0.717, 1.165) is 22.7 Å². The van der Waals surface area contributed by atoms with Gasteiger partial charge in [-0.3, -0.25) is 9.59 Å². The van der Waals surface area contributed by atoms with Crippen LogP contribution in [0.5, 0.6) is 0 Å². The first-order valence-corrected chi connectivity index (χ1v) is 9.29. The third kappa shape index (κ3) is 4.45. The summed E-state index contributed by atoms with van der Waals surface area (Å²) in [5, 5.41) is 6.09. The maximum Gasteiger partial charge on any atom is 0.239 e. The molecular weight excluding hydrogens is 352 g/mol. The molecule has 3 rings (SSSR count). The normalized spacial score (nSPS) is 10.8. The molecule has 0 unspecified atom stereocenters. The summed E-state index contributed by atoms with van der Waals surface area (Å²) < 4.78 is 7.20. The molecule has 2 heterocycles. The van der Waals surface area contributed by atoms with Crippen LogP contribution in [0.4, 0.5) is 0 Å². The van der Waals surface area contributed by atoms with Gasteiger partial charge in [-0.25, -0.2) is 4.98 Å². The van der Waals surface area contributed by atoms with Crippen molar-refractivity contribution >= 4 is 34.6 Å². The number of fused-ring (bicyclic) bond motifs is 1. The Morgan fingerprint density at radius 2 is 2.00 bits per heavy atom. The number of hydrogen-bond acceptors (Lipinski definition) is 5. The van der Waals surface area contributed by atoms with E-state index in [9.17, 15) is 9.59 Å². The smallest absolute Gasteiger partial charge is 0.239 e. The van der Waals surface area contributed by atoms with E-state index in [1.165, 1.54) is 11.8 Å². The number of hydrogen-bond donors (Lipinski definition) is 2. The van der Waals surface area contributed by atoms with Crippen molar-refractivity contribution in [1.29, 1.82) is 0 Å². The van der Waals surface area contributed by atoms with Crippen LogP contribution < -0.4 is 10.6 Å². The Bertz CT molecular complexity index is 889. The highest BCUT2D eigenvalue weighted by Gasteiger charge is 2.12. The van der Waals surface area contributed by atoms with E-state index in [0.29, 0.717) is 12.3 Å². The molecule has 0 saturated carbocycles. The molecule has 2 amide bonds. The lowest BCUT2D eigenvalue weighted by Crippen LogP contribution is -2.37. The van der Waals surface area contributed by atoms with Crippen molar-refractivity contribution in [2.24, 2.45) is 0 Å². The fraction of sp³-hybridized carbons (Fsp3) is 0.278. The largest absolute Gasteiger partial charge is 0.467 e. The summed E-state index contributed by atoms with van der Waals surface area (Å²) >= 11 is 1.36. The van der Waals surface area contributed by atoms with Crippen LogP contribution in [0.3, 0.4) is 0 Å². The Morgan fingerprint density at radius 3 is 2.77 bits per heavy atom. The van der Waals surface area contributed by atoms with Crippen LogP contribution in [-0.2, 0) is 22.7 Å². The maximum atomic E-state index is 12.0. The van der Waals surface area contributed by atoms with Crippen LogP contribution in [-0.4, -0.2) is 33.7 Å². The second-order valence-corrected chi connectivity index (χ2v) is 6.49. The lowest BCUT2D eigenvalue weighted by Gasteiger charge is -2.07. The monoisotopic (exact) mass is 372 g/mol. The molecule has 0 aliphatic carbocycles. The number of benzene rings is 1. The van der Waals surface area contributed by atoms with Crippen LogP contribution >= 0.6 is 11.8 Å². The third-order valence-corrected chi connectivity index (χ3v) is 4.73. The van der Waals surface area contributed by atoms with E-state index < -0.39 is 0 Å². The van der Waals surface area contributed by atoms with Crippen molar-refractivity contribution in [3.63, 3.8) is 0 Å². The summed E-state index contributed by atoms with van der Waals surface area (Å²) in [6, 6.07) is 11.4. The number of furan rings is 1. The average molecular weight is 372 g/mol. The first-order chi connectivity index (χ1) is 12.7. The molecule has 2 N–H and O–H groups in total. The number of thioether (sulfide) groups is 1. The van der Waals surface area contributed by atoms with E-state index in [-0.39, 0.29) is 24.1 Å². The van der Waals surface area contributed by atoms with E-state index in [1.807, 2.05) is 31.2 Å². The van der Waals surface area contributed by atoms with Crippen LogP contribution in [0.2, 0.25) is 0 Å². The van der Waals surface area contributed by atoms with Crippen molar-refractivity contribution in [3.8, 4) is 0 Å². The molecule has 0 spiro atoms. The SMILES string of the molecule is CCn1c(SCC(=O)NCC(=O)NCc2ccco2)nc2ccccc21. The molecule has 7 nitrogen and oxygen atoms in total. The molecule has 8 heteroatoms. The highest BCUT2D eigenvalue weighted by Crippen LogP contribution is 2.23.